The number of oxazole rings is 1. The molecule has 0 amide bonds. The molecule has 0 saturated carbocycles. The molecule has 0 saturated heterocycles. The molecule has 4 aromatic rings. The van der Waals surface area contributed by atoms with Crippen LogP contribution < -0.4 is 5.76 Å². The van der Waals surface area contributed by atoms with E-state index in [1.807, 2.05) is 37.3 Å². The minimum absolute atomic E-state index is 0.398. The second-order valence-corrected chi connectivity index (χ2v) is 5.40. The standard InChI is InChI=1S/C17H13N3O3/c1-10-3-5-11(6-4-10)16-18-15(19-23-16)12-7-8-13-14(9-12)22-17(21)20(13)2/h3-9H,1-2H3. The van der Waals surface area contributed by atoms with Crippen LogP contribution in [0.5, 0.6) is 0 Å². The zero-order valence-corrected chi connectivity index (χ0v) is 12.6. The molecular formula is C17H13N3O3. The van der Waals surface area contributed by atoms with Crippen LogP contribution in [0.3, 0.4) is 0 Å². The van der Waals surface area contributed by atoms with Crippen molar-refractivity contribution in [1.82, 2.24) is 14.7 Å². The summed E-state index contributed by atoms with van der Waals surface area (Å²) in [5, 5.41) is 4.01. The van der Waals surface area contributed by atoms with E-state index >= 15 is 0 Å². The predicted molar refractivity (Wildman–Crippen MR) is 84.9 cm³/mol. The van der Waals surface area contributed by atoms with Crippen molar-refractivity contribution in [2.75, 3.05) is 0 Å². The van der Waals surface area contributed by atoms with E-state index in [-0.39, 0.29) is 0 Å². The van der Waals surface area contributed by atoms with Crippen molar-refractivity contribution in [3.8, 4) is 22.8 Å². The van der Waals surface area contributed by atoms with Crippen molar-refractivity contribution in [3.63, 3.8) is 0 Å². The van der Waals surface area contributed by atoms with Gasteiger partial charge in [-0.05, 0) is 37.3 Å². The second kappa shape index (κ2) is 4.95. The number of fused-ring (bicyclic) bond motifs is 1. The molecule has 0 aliphatic carbocycles. The van der Waals surface area contributed by atoms with Crippen LogP contribution in [0.25, 0.3) is 33.9 Å². The fourth-order valence-corrected chi connectivity index (χ4v) is 2.43. The number of aromatic nitrogens is 3. The summed E-state index contributed by atoms with van der Waals surface area (Å²) in [7, 11) is 1.66. The summed E-state index contributed by atoms with van der Waals surface area (Å²) in [6.45, 7) is 2.02. The first kappa shape index (κ1) is 13.5. The lowest BCUT2D eigenvalue weighted by atomic mass is 10.1. The average Bonchev–Trinajstić information content (AvgIpc) is 3.14. The summed E-state index contributed by atoms with van der Waals surface area (Å²) in [6, 6.07) is 13.2. The van der Waals surface area contributed by atoms with Gasteiger partial charge >= 0.3 is 5.76 Å². The molecule has 0 radical (unpaired) electrons. The fraction of sp³-hybridized carbons (Fsp3) is 0.118. The van der Waals surface area contributed by atoms with Gasteiger partial charge in [0.1, 0.15) is 0 Å². The first-order valence-corrected chi connectivity index (χ1v) is 7.12. The number of hydrogen-bond acceptors (Lipinski definition) is 5. The van der Waals surface area contributed by atoms with Gasteiger partial charge in [-0.15, -0.1) is 0 Å². The Labute approximate surface area is 131 Å². The van der Waals surface area contributed by atoms with E-state index in [4.69, 9.17) is 8.94 Å². The van der Waals surface area contributed by atoms with Gasteiger partial charge in [-0.1, -0.05) is 22.9 Å². The smallest absolute Gasteiger partial charge is 0.408 e. The minimum Gasteiger partial charge on any atom is -0.408 e. The molecule has 0 spiro atoms. The number of benzene rings is 2. The summed E-state index contributed by atoms with van der Waals surface area (Å²) in [5.41, 5.74) is 3.98. The van der Waals surface area contributed by atoms with Gasteiger partial charge in [-0.3, -0.25) is 4.57 Å². The molecule has 6 heteroatoms. The molecule has 2 aromatic heterocycles. The largest absolute Gasteiger partial charge is 0.419 e. The van der Waals surface area contributed by atoms with Crippen LogP contribution in [-0.4, -0.2) is 14.7 Å². The molecule has 114 valence electrons. The van der Waals surface area contributed by atoms with E-state index in [1.165, 1.54) is 4.57 Å². The Hall–Kier alpha value is -3.15. The van der Waals surface area contributed by atoms with Crippen molar-refractivity contribution in [1.29, 1.82) is 0 Å². The van der Waals surface area contributed by atoms with Gasteiger partial charge in [0, 0.05) is 18.2 Å². The van der Waals surface area contributed by atoms with E-state index in [0.717, 1.165) is 22.2 Å². The lowest BCUT2D eigenvalue weighted by Crippen LogP contribution is -2.08. The Morgan fingerprint density at radius 2 is 1.78 bits per heavy atom. The molecule has 23 heavy (non-hydrogen) atoms. The molecule has 0 aliphatic heterocycles. The number of rotatable bonds is 2. The Balaban J connectivity index is 1.76. The van der Waals surface area contributed by atoms with Gasteiger partial charge in [0.05, 0.1) is 5.52 Å². The third-order valence-electron chi connectivity index (χ3n) is 3.78. The van der Waals surface area contributed by atoms with Crippen molar-refractivity contribution in [3.05, 3.63) is 58.6 Å². The van der Waals surface area contributed by atoms with Crippen LogP contribution >= 0.6 is 0 Å². The molecule has 6 nitrogen and oxygen atoms in total. The third-order valence-corrected chi connectivity index (χ3v) is 3.78. The molecule has 0 atom stereocenters. The fourth-order valence-electron chi connectivity index (χ4n) is 2.43. The van der Waals surface area contributed by atoms with Crippen LogP contribution in [0.4, 0.5) is 0 Å². The highest BCUT2D eigenvalue weighted by atomic mass is 16.5. The number of nitrogens with zero attached hydrogens (tertiary/aromatic N) is 3. The summed E-state index contributed by atoms with van der Waals surface area (Å²) < 4.78 is 12.0. The zero-order valence-electron chi connectivity index (χ0n) is 12.6. The van der Waals surface area contributed by atoms with E-state index < -0.39 is 5.76 Å². The SMILES string of the molecule is Cc1ccc(-c2nc(-c3ccc4c(c3)oc(=O)n4C)no2)cc1. The summed E-state index contributed by atoms with van der Waals surface area (Å²) in [6.07, 6.45) is 0. The quantitative estimate of drug-likeness (QED) is 0.568. The van der Waals surface area contributed by atoms with Crippen LogP contribution in [-0.2, 0) is 7.05 Å². The van der Waals surface area contributed by atoms with Crippen molar-refractivity contribution >= 4 is 11.1 Å². The predicted octanol–water partition coefficient (Wildman–Crippen LogP) is 3.16. The highest BCUT2D eigenvalue weighted by Gasteiger charge is 2.13. The number of hydrogen-bond donors (Lipinski definition) is 0. The maximum Gasteiger partial charge on any atom is 0.419 e. The molecule has 0 N–H and O–H groups in total. The van der Waals surface area contributed by atoms with Gasteiger partial charge < -0.3 is 8.94 Å². The zero-order chi connectivity index (χ0) is 16.0. The Kier molecular flexibility index (Phi) is 2.90. The molecular weight excluding hydrogens is 294 g/mol. The molecule has 2 heterocycles. The second-order valence-electron chi connectivity index (χ2n) is 5.40. The third kappa shape index (κ3) is 2.24. The number of aryl methyl sites for hydroxylation is 2. The van der Waals surface area contributed by atoms with Gasteiger partial charge in [-0.2, -0.15) is 4.98 Å². The van der Waals surface area contributed by atoms with Crippen LogP contribution in [0.2, 0.25) is 0 Å². The van der Waals surface area contributed by atoms with Crippen LogP contribution in [0.1, 0.15) is 5.56 Å². The highest BCUT2D eigenvalue weighted by Crippen LogP contribution is 2.25. The van der Waals surface area contributed by atoms with Crippen molar-refractivity contribution in [2.24, 2.45) is 7.05 Å². The first-order chi connectivity index (χ1) is 11.1. The van der Waals surface area contributed by atoms with Gasteiger partial charge in [0.15, 0.2) is 5.58 Å². The minimum atomic E-state index is -0.398. The molecule has 0 unspecified atom stereocenters. The van der Waals surface area contributed by atoms with Crippen molar-refractivity contribution < 1.29 is 8.94 Å². The normalized spacial score (nSPS) is 11.2. The van der Waals surface area contributed by atoms with Crippen LogP contribution in [0, 0.1) is 6.92 Å². The van der Waals surface area contributed by atoms with E-state index in [1.54, 1.807) is 19.2 Å². The maximum absolute atomic E-state index is 11.5. The lowest BCUT2D eigenvalue weighted by Gasteiger charge is -1.95. The van der Waals surface area contributed by atoms with E-state index in [2.05, 4.69) is 10.1 Å². The Bertz CT molecular complexity index is 1050. The molecule has 4 rings (SSSR count). The summed E-state index contributed by atoms with van der Waals surface area (Å²) in [5.74, 6) is 0.509. The molecule has 0 fully saturated rings. The Morgan fingerprint density at radius 3 is 2.57 bits per heavy atom. The van der Waals surface area contributed by atoms with E-state index in [9.17, 15) is 4.79 Å². The first-order valence-electron chi connectivity index (χ1n) is 7.12. The lowest BCUT2D eigenvalue weighted by molar-refractivity contribution is 0.432. The maximum atomic E-state index is 11.5. The monoisotopic (exact) mass is 307 g/mol. The summed E-state index contributed by atoms with van der Waals surface area (Å²) >= 11 is 0. The van der Waals surface area contributed by atoms with Gasteiger partial charge in [-0.25, -0.2) is 4.79 Å². The topological polar surface area (TPSA) is 74.1 Å². The van der Waals surface area contributed by atoms with Gasteiger partial charge in [0.25, 0.3) is 5.89 Å². The molecule has 0 aliphatic rings. The molecule has 2 aromatic carbocycles. The van der Waals surface area contributed by atoms with E-state index in [0.29, 0.717) is 17.3 Å². The van der Waals surface area contributed by atoms with Crippen molar-refractivity contribution in [2.45, 2.75) is 6.92 Å². The van der Waals surface area contributed by atoms with Crippen LogP contribution in [0.15, 0.2) is 56.2 Å². The van der Waals surface area contributed by atoms with Gasteiger partial charge in [0.2, 0.25) is 5.82 Å². The Morgan fingerprint density at radius 1 is 1.04 bits per heavy atom. The molecule has 0 bridgehead atoms. The highest BCUT2D eigenvalue weighted by molar-refractivity contribution is 5.78. The average molecular weight is 307 g/mol. The summed E-state index contributed by atoms with van der Waals surface area (Å²) in [4.78, 5) is 16.0.